The molecule has 0 aliphatic rings. The minimum Gasteiger partial charge on any atom is -0.478 e. The summed E-state index contributed by atoms with van der Waals surface area (Å²) in [5, 5.41) is 4.81. The zero-order valence-electron chi connectivity index (χ0n) is 20.2. The molecule has 0 unspecified atom stereocenters. The lowest BCUT2D eigenvalue weighted by molar-refractivity contribution is -0.150. The van der Waals surface area contributed by atoms with E-state index < -0.39 is 29.4 Å². The number of hydrogen-bond donors (Lipinski definition) is 0. The average molecular weight is 544 g/mol. The first-order valence-corrected chi connectivity index (χ1v) is 11.8. The molecule has 0 fully saturated rings. The van der Waals surface area contributed by atoms with E-state index in [9.17, 15) is 22.8 Å². The Hall–Kier alpha value is -4.18. The summed E-state index contributed by atoms with van der Waals surface area (Å²) in [6.45, 7) is 3.36. The van der Waals surface area contributed by atoms with E-state index in [1.165, 1.54) is 37.4 Å². The van der Waals surface area contributed by atoms with Crippen LogP contribution in [0.3, 0.4) is 0 Å². The molecule has 0 radical (unpaired) electrons. The quantitative estimate of drug-likeness (QED) is 0.212. The summed E-state index contributed by atoms with van der Waals surface area (Å²) in [4.78, 5) is 29.9. The second kappa shape index (κ2) is 11.1. The second-order valence-corrected chi connectivity index (χ2v) is 8.52. The lowest BCUT2D eigenvalue weighted by Gasteiger charge is -2.15. The number of carbonyl (C=O) groups is 1. The molecule has 0 aliphatic heterocycles. The van der Waals surface area contributed by atoms with Crippen molar-refractivity contribution in [3.8, 4) is 17.1 Å². The van der Waals surface area contributed by atoms with Gasteiger partial charge in [0.25, 0.3) is 5.56 Å². The van der Waals surface area contributed by atoms with Gasteiger partial charge in [-0.1, -0.05) is 35.9 Å². The Labute approximate surface area is 220 Å². The molecule has 3 aromatic carbocycles. The molecule has 196 valence electrons. The number of benzene rings is 3. The summed E-state index contributed by atoms with van der Waals surface area (Å²) in [6, 6.07) is 15.5. The molecule has 38 heavy (non-hydrogen) atoms. The highest BCUT2D eigenvalue weighted by Gasteiger charge is 2.31. The summed E-state index contributed by atoms with van der Waals surface area (Å²) in [7, 11) is 0. The molecular weight excluding hydrogens is 523 g/mol. The SMILES string of the molecule is CCOC(=O)[C@@H](C)Oc1ccc(Cl)cc1C=Nn1c(-c2cccc(C(F)(F)F)c2)nc2ccccc2c1=O. The Morgan fingerprint density at radius 1 is 1.13 bits per heavy atom. The van der Waals surface area contributed by atoms with Crippen molar-refractivity contribution >= 4 is 34.7 Å². The molecule has 0 amide bonds. The van der Waals surface area contributed by atoms with Gasteiger partial charge in [0.2, 0.25) is 0 Å². The lowest BCUT2D eigenvalue weighted by atomic mass is 10.1. The van der Waals surface area contributed by atoms with Gasteiger partial charge in [-0.15, -0.1) is 0 Å². The van der Waals surface area contributed by atoms with Gasteiger partial charge < -0.3 is 9.47 Å². The van der Waals surface area contributed by atoms with Crippen LogP contribution in [0.1, 0.15) is 25.0 Å². The number of ether oxygens (including phenoxy) is 2. The number of aromatic nitrogens is 2. The number of nitrogens with zero attached hydrogens (tertiary/aromatic N) is 3. The summed E-state index contributed by atoms with van der Waals surface area (Å²) in [5.74, 6) is -0.450. The van der Waals surface area contributed by atoms with Crippen LogP contribution in [0.2, 0.25) is 5.02 Å². The van der Waals surface area contributed by atoms with Crippen LogP contribution in [0, 0.1) is 0 Å². The number of fused-ring (bicyclic) bond motifs is 1. The summed E-state index contributed by atoms with van der Waals surface area (Å²) >= 11 is 6.15. The maximum Gasteiger partial charge on any atom is 0.416 e. The monoisotopic (exact) mass is 543 g/mol. The number of rotatable bonds is 7. The van der Waals surface area contributed by atoms with Crippen LogP contribution >= 0.6 is 11.6 Å². The largest absolute Gasteiger partial charge is 0.478 e. The Kier molecular flexibility index (Phi) is 7.82. The topological polar surface area (TPSA) is 82.8 Å². The molecule has 0 saturated carbocycles. The fraction of sp³-hybridized carbons (Fsp3) is 0.185. The molecule has 11 heteroatoms. The van der Waals surface area contributed by atoms with E-state index in [0.717, 1.165) is 16.8 Å². The van der Waals surface area contributed by atoms with Crippen LogP contribution in [-0.2, 0) is 15.7 Å². The highest BCUT2D eigenvalue weighted by Crippen LogP contribution is 2.32. The Morgan fingerprint density at radius 3 is 2.63 bits per heavy atom. The molecule has 1 atom stereocenters. The van der Waals surface area contributed by atoms with E-state index in [1.807, 2.05) is 0 Å². The molecular formula is C27H21ClF3N3O4. The van der Waals surface area contributed by atoms with E-state index in [2.05, 4.69) is 10.1 Å². The fourth-order valence-electron chi connectivity index (χ4n) is 3.60. The van der Waals surface area contributed by atoms with Crippen molar-refractivity contribution in [2.24, 2.45) is 5.10 Å². The van der Waals surface area contributed by atoms with Crippen molar-refractivity contribution in [1.29, 1.82) is 0 Å². The van der Waals surface area contributed by atoms with Crippen LogP contribution < -0.4 is 10.3 Å². The van der Waals surface area contributed by atoms with Crippen molar-refractivity contribution < 1.29 is 27.4 Å². The predicted octanol–water partition coefficient (Wildman–Crippen LogP) is 5.95. The minimum atomic E-state index is -4.59. The van der Waals surface area contributed by atoms with Crippen molar-refractivity contribution in [1.82, 2.24) is 9.66 Å². The number of carbonyl (C=O) groups excluding carboxylic acids is 1. The summed E-state index contributed by atoms with van der Waals surface area (Å²) < 4.78 is 51.8. The van der Waals surface area contributed by atoms with Crippen LogP contribution in [0.15, 0.2) is 76.6 Å². The van der Waals surface area contributed by atoms with Gasteiger partial charge in [-0.3, -0.25) is 4.79 Å². The molecule has 0 spiro atoms. The third-order valence-corrected chi connectivity index (χ3v) is 5.64. The maximum atomic E-state index is 13.4. The van der Waals surface area contributed by atoms with E-state index in [1.54, 1.807) is 37.3 Å². The Bertz CT molecular complexity index is 1580. The maximum absolute atomic E-state index is 13.4. The van der Waals surface area contributed by atoms with Gasteiger partial charge in [0.05, 0.1) is 29.3 Å². The van der Waals surface area contributed by atoms with Crippen molar-refractivity contribution in [2.75, 3.05) is 6.61 Å². The highest BCUT2D eigenvalue weighted by molar-refractivity contribution is 6.30. The van der Waals surface area contributed by atoms with Crippen LogP contribution in [-0.4, -0.2) is 34.6 Å². The Balaban J connectivity index is 1.85. The van der Waals surface area contributed by atoms with Gasteiger partial charge in [-0.05, 0) is 56.3 Å². The third-order valence-electron chi connectivity index (χ3n) is 5.41. The van der Waals surface area contributed by atoms with Crippen molar-refractivity contribution in [2.45, 2.75) is 26.1 Å². The average Bonchev–Trinajstić information content (AvgIpc) is 2.89. The number of alkyl halides is 3. The normalized spacial score (nSPS) is 12.6. The van der Waals surface area contributed by atoms with Crippen LogP contribution in [0.5, 0.6) is 5.75 Å². The summed E-state index contributed by atoms with van der Waals surface area (Å²) in [5.41, 5.74) is -0.844. The van der Waals surface area contributed by atoms with E-state index in [-0.39, 0.29) is 29.1 Å². The van der Waals surface area contributed by atoms with Crippen molar-refractivity contribution in [3.05, 3.63) is 93.2 Å². The molecule has 1 aromatic heterocycles. The summed E-state index contributed by atoms with van der Waals surface area (Å²) in [6.07, 6.45) is -4.29. The highest BCUT2D eigenvalue weighted by atomic mass is 35.5. The molecule has 4 aromatic rings. The predicted molar refractivity (Wildman–Crippen MR) is 138 cm³/mol. The van der Waals surface area contributed by atoms with Crippen LogP contribution in [0.25, 0.3) is 22.3 Å². The molecule has 0 aliphatic carbocycles. The molecule has 0 bridgehead atoms. The first-order valence-electron chi connectivity index (χ1n) is 11.4. The van der Waals surface area contributed by atoms with Gasteiger partial charge in [-0.25, -0.2) is 9.78 Å². The lowest BCUT2D eigenvalue weighted by Crippen LogP contribution is -2.26. The van der Waals surface area contributed by atoms with Gasteiger partial charge in [0.15, 0.2) is 11.9 Å². The Morgan fingerprint density at radius 2 is 1.89 bits per heavy atom. The number of esters is 1. The van der Waals surface area contributed by atoms with Crippen molar-refractivity contribution in [3.63, 3.8) is 0 Å². The first-order chi connectivity index (χ1) is 18.1. The van der Waals surface area contributed by atoms with E-state index in [4.69, 9.17) is 21.1 Å². The van der Waals surface area contributed by atoms with Gasteiger partial charge >= 0.3 is 12.1 Å². The third kappa shape index (κ3) is 5.86. The van der Waals surface area contributed by atoms with Crippen LogP contribution in [0.4, 0.5) is 13.2 Å². The number of para-hydroxylation sites is 1. The first kappa shape index (κ1) is 26.9. The van der Waals surface area contributed by atoms with Gasteiger partial charge in [-0.2, -0.15) is 22.9 Å². The molecule has 4 rings (SSSR count). The minimum absolute atomic E-state index is 0.0401. The van der Waals surface area contributed by atoms with E-state index >= 15 is 0 Å². The van der Waals surface area contributed by atoms with E-state index in [0.29, 0.717) is 16.1 Å². The molecule has 7 nitrogen and oxygen atoms in total. The number of halogens is 4. The molecule has 0 saturated heterocycles. The second-order valence-electron chi connectivity index (χ2n) is 8.09. The zero-order valence-corrected chi connectivity index (χ0v) is 21.0. The fourth-order valence-corrected chi connectivity index (χ4v) is 3.78. The standard InChI is InChI=1S/C27H21ClF3N3O4/c1-3-37-26(36)16(2)38-23-12-11-20(28)14-18(23)15-32-34-24(17-7-6-8-19(13-17)27(29,30)31)33-22-10-5-4-9-21(22)25(34)35/h4-16H,3H2,1-2H3/t16-/m1/s1. The van der Waals surface area contributed by atoms with Gasteiger partial charge in [0, 0.05) is 16.1 Å². The number of hydrogen-bond acceptors (Lipinski definition) is 6. The molecule has 0 N–H and O–H groups in total. The van der Waals surface area contributed by atoms with Gasteiger partial charge in [0.1, 0.15) is 5.75 Å². The zero-order chi connectivity index (χ0) is 27.4. The smallest absolute Gasteiger partial charge is 0.416 e. The molecule has 1 heterocycles.